The number of rotatable bonds is 7. The molecule has 3 heteroatoms. The molecule has 0 amide bonds. The molecular weight excluding hydrogens is 298 g/mol. The van der Waals surface area contributed by atoms with Crippen LogP contribution in [0.25, 0.3) is 0 Å². The van der Waals surface area contributed by atoms with E-state index in [2.05, 4.69) is 49.5 Å². The van der Waals surface area contributed by atoms with Crippen molar-refractivity contribution in [3.8, 4) is 11.5 Å². The van der Waals surface area contributed by atoms with Gasteiger partial charge in [0.05, 0.1) is 14.2 Å². The van der Waals surface area contributed by atoms with Crippen molar-refractivity contribution < 1.29 is 9.47 Å². The molecule has 1 N–H and O–H groups in total. The summed E-state index contributed by atoms with van der Waals surface area (Å²) in [5.74, 6) is 1.87. The van der Waals surface area contributed by atoms with E-state index < -0.39 is 0 Å². The highest BCUT2D eigenvalue weighted by Gasteiger charge is 2.45. The van der Waals surface area contributed by atoms with E-state index in [9.17, 15) is 0 Å². The Hall–Kier alpha value is -2.00. The van der Waals surface area contributed by atoms with Gasteiger partial charge in [-0.15, -0.1) is 0 Å². The normalized spacial score (nSPS) is 16.5. The summed E-state index contributed by atoms with van der Waals surface area (Å²) < 4.78 is 10.9. The Morgan fingerprint density at radius 1 is 1.04 bits per heavy atom. The van der Waals surface area contributed by atoms with Crippen LogP contribution in [0.3, 0.4) is 0 Å². The second-order valence-corrected chi connectivity index (χ2v) is 6.66. The van der Waals surface area contributed by atoms with Crippen LogP contribution in [0.15, 0.2) is 42.5 Å². The molecule has 1 aliphatic carbocycles. The molecule has 1 aliphatic rings. The van der Waals surface area contributed by atoms with Gasteiger partial charge in [0.15, 0.2) is 0 Å². The SMILES string of the molecule is CCC(NC1(c2ccc(OC)cc2)CC1)c1cc(C)ccc1OC. The Morgan fingerprint density at radius 3 is 2.29 bits per heavy atom. The maximum atomic E-state index is 5.60. The largest absolute Gasteiger partial charge is 0.497 e. The number of hydrogen-bond acceptors (Lipinski definition) is 3. The summed E-state index contributed by atoms with van der Waals surface area (Å²) in [4.78, 5) is 0. The summed E-state index contributed by atoms with van der Waals surface area (Å²) in [5.41, 5.74) is 3.94. The van der Waals surface area contributed by atoms with Crippen molar-refractivity contribution in [3.05, 3.63) is 59.2 Å². The number of ether oxygens (including phenoxy) is 2. The maximum absolute atomic E-state index is 5.60. The average molecular weight is 325 g/mol. The zero-order valence-corrected chi connectivity index (χ0v) is 15.1. The number of benzene rings is 2. The Labute approximate surface area is 145 Å². The predicted molar refractivity (Wildman–Crippen MR) is 97.8 cm³/mol. The summed E-state index contributed by atoms with van der Waals surface area (Å²) in [6, 6.07) is 15.1. The van der Waals surface area contributed by atoms with E-state index in [1.54, 1.807) is 14.2 Å². The fraction of sp³-hybridized carbons (Fsp3) is 0.429. The molecule has 1 saturated carbocycles. The van der Waals surface area contributed by atoms with Crippen LogP contribution in [-0.2, 0) is 5.54 Å². The third-order valence-corrected chi connectivity index (χ3v) is 5.01. The smallest absolute Gasteiger partial charge is 0.123 e. The van der Waals surface area contributed by atoms with E-state index in [-0.39, 0.29) is 11.6 Å². The van der Waals surface area contributed by atoms with Crippen LogP contribution in [0.1, 0.15) is 48.9 Å². The maximum Gasteiger partial charge on any atom is 0.123 e. The summed E-state index contributed by atoms with van der Waals surface area (Å²) in [7, 11) is 3.45. The number of aryl methyl sites for hydroxylation is 1. The van der Waals surface area contributed by atoms with Crippen molar-refractivity contribution in [1.29, 1.82) is 0 Å². The van der Waals surface area contributed by atoms with Gasteiger partial charge in [0.1, 0.15) is 11.5 Å². The fourth-order valence-corrected chi connectivity index (χ4v) is 3.41. The van der Waals surface area contributed by atoms with E-state index in [1.807, 2.05) is 12.1 Å². The van der Waals surface area contributed by atoms with Crippen molar-refractivity contribution >= 4 is 0 Å². The summed E-state index contributed by atoms with van der Waals surface area (Å²) in [6.07, 6.45) is 3.37. The standard InChI is InChI=1S/C21H27NO2/c1-5-19(18-14-15(2)6-11-20(18)24-4)22-21(12-13-21)16-7-9-17(23-3)10-8-16/h6-11,14,19,22H,5,12-13H2,1-4H3. The predicted octanol–water partition coefficient (Wildman–Crippen LogP) is 4.74. The highest BCUT2D eigenvalue weighted by Crippen LogP contribution is 2.48. The van der Waals surface area contributed by atoms with E-state index >= 15 is 0 Å². The first-order valence-electron chi connectivity index (χ1n) is 8.68. The van der Waals surface area contributed by atoms with Crippen LogP contribution in [0.4, 0.5) is 0 Å². The number of hydrogen-bond donors (Lipinski definition) is 1. The molecule has 0 radical (unpaired) electrons. The number of methoxy groups -OCH3 is 2. The van der Waals surface area contributed by atoms with Crippen LogP contribution >= 0.6 is 0 Å². The zero-order chi connectivity index (χ0) is 17.2. The molecule has 0 bridgehead atoms. The van der Waals surface area contributed by atoms with Gasteiger partial charge in [-0.25, -0.2) is 0 Å². The minimum atomic E-state index is 0.0850. The lowest BCUT2D eigenvalue weighted by molar-refractivity contribution is 0.377. The fourth-order valence-electron chi connectivity index (χ4n) is 3.41. The monoisotopic (exact) mass is 325 g/mol. The molecule has 2 aromatic carbocycles. The van der Waals surface area contributed by atoms with Gasteiger partial charge in [0, 0.05) is 17.1 Å². The van der Waals surface area contributed by atoms with Gasteiger partial charge in [-0.1, -0.05) is 36.8 Å². The molecule has 3 nitrogen and oxygen atoms in total. The lowest BCUT2D eigenvalue weighted by Gasteiger charge is -2.27. The van der Waals surface area contributed by atoms with E-state index in [1.165, 1.54) is 29.5 Å². The third kappa shape index (κ3) is 3.27. The molecule has 1 unspecified atom stereocenters. The second kappa shape index (κ2) is 6.86. The lowest BCUT2D eigenvalue weighted by Crippen LogP contribution is -2.33. The highest BCUT2D eigenvalue weighted by molar-refractivity contribution is 5.41. The highest BCUT2D eigenvalue weighted by atomic mass is 16.5. The summed E-state index contributed by atoms with van der Waals surface area (Å²) >= 11 is 0. The molecule has 24 heavy (non-hydrogen) atoms. The summed E-state index contributed by atoms with van der Waals surface area (Å²) in [5, 5.41) is 3.91. The van der Waals surface area contributed by atoms with Crippen LogP contribution in [0, 0.1) is 6.92 Å². The van der Waals surface area contributed by atoms with Crippen molar-refractivity contribution in [3.63, 3.8) is 0 Å². The molecule has 1 atom stereocenters. The van der Waals surface area contributed by atoms with Gasteiger partial charge in [-0.2, -0.15) is 0 Å². The Balaban J connectivity index is 1.86. The van der Waals surface area contributed by atoms with E-state index in [0.717, 1.165) is 17.9 Å². The van der Waals surface area contributed by atoms with Crippen LogP contribution in [-0.4, -0.2) is 14.2 Å². The minimum absolute atomic E-state index is 0.0850. The van der Waals surface area contributed by atoms with Crippen molar-refractivity contribution in [2.45, 2.75) is 44.7 Å². The minimum Gasteiger partial charge on any atom is -0.497 e. The molecule has 0 spiro atoms. The van der Waals surface area contributed by atoms with Crippen LogP contribution < -0.4 is 14.8 Å². The van der Waals surface area contributed by atoms with Crippen molar-refractivity contribution in [1.82, 2.24) is 5.32 Å². The molecule has 2 aromatic rings. The van der Waals surface area contributed by atoms with Crippen LogP contribution in [0.5, 0.6) is 11.5 Å². The van der Waals surface area contributed by atoms with E-state index in [0.29, 0.717) is 0 Å². The van der Waals surface area contributed by atoms with Gasteiger partial charge in [-0.05, 0) is 49.9 Å². The first-order valence-corrected chi connectivity index (χ1v) is 8.68. The number of nitrogens with one attached hydrogen (secondary N) is 1. The molecule has 128 valence electrons. The Morgan fingerprint density at radius 2 is 1.75 bits per heavy atom. The topological polar surface area (TPSA) is 30.5 Å². The van der Waals surface area contributed by atoms with Crippen molar-refractivity contribution in [2.75, 3.05) is 14.2 Å². The first kappa shape index (κ1) is 16.8. The zero-order valence-electron chi connectivity index (χ0n) is 15.1. The second-order valence-electron chi connectivity index (χ2n) is 6.66. The molecule has 0 heterocycles. The third-order valence-electron chi connectivity index (χ3n) is 5.01. The van der Waals surface area contributed by atoms with Crippen molar-refractivity contribution in [2.24, 2.45) is 0 Å². The average Bonchev–Trinajstić information content (AvgIpc) is 3.40. The van der Waals surface area contributed by atoms with Gasteiger partial charge in [0.25, 0.3) is 0 Å². The van der Waals surface area contributed by atoms with Gasteiger partial charge in [-0.3, -0.25) is 0 Å². The molecule has 0 saturated heterocycles. The Bertz CT molecular complexity index is 689. The molecule has 1 fully saturated rings. The molecular formula is C21H27NO2. The Kier molecular flexibility index (Phi) is 4.81. The first-order chi connectivity index (χ1) is 11.6. The summed E-state index contributed by atoms with van der Waals surface area (Å²) in [6.45, 7) is 4.36. The van der Waals surface area contributed by atoms with Gasteiger partial charge < -0.3 is 14.8 Å². The molecule has 0 aliphatic heterocycles. The quantitative estimate of drug-likeness (QED) is 0.797. The van der Waals surface area contributed by atoms with Gasteiger partial charge >= 0.3 is 0 Å². The van der Waals surface area contributed by atoms with Crippen LogP contribution in [0.2, 0.25) is 0 Å². The van der Waals surface area contributed by atoms with Gasteiger partial charge in [0.2, 0.25) is 0 Å². The lowest BCUT2D eigenvalue weighted by atomic mass is 9.97. The molecule has 3 rings (SSSR count). The van der Waals surface area contributed by atoms with E-state index in [4.69, 9.17) is 9.47 Å². The molecule has 0 aromatic heterocycles.